The summed E-state index contributed by atoms with van der Waals surface area (Å²) in [5.74, 6) is 1.14. The predicted octanol–water partition coefficient (Wildman–Crippen LogP) is 2.80. The second-order valence-corrected chi connectivity index (χ2v) is 11.1. The van der Waals surface area contributed by atoms with Crippen LogP contribution >= 0.6 is 30.9 Å². The zero-order valence-corrected chi connectivity index (χ0v) is 11.8. The largest absolute Gasteiger partial charge is 0.584 e. The predicted molar refractivity (Wildman–Crippen MR) is 64.7 cm³/mol. The Labute approximate surface area is 92.5 Å². The molecule has 0 bridgehead atoms. The van der Waals surface area contributed by atoms with E-state index in [1.807, 2.05) is 0 Å². The first kappa shape index (κ1) is 14.1. The van der Waals surface area contributed by atoms with Gasteiger partial charge in [-0.1, -0.05) is 17.7 Å². The van der Waals surface area contributed by atoms with E-state index in [0.717, 1.165) is 5.75 Å². The fourth-order valence-corrected chi connectivity index (χ4v) is 10.5. The van der Waals surface area contributed by atoms with Crippen molar-refractivity contribution in [2.24, 2.45) is 0 Å². The summed E-state index contributed by atoms with van der Waals surface area (Å²) < 4.78 is 15.7. The van der Waals surface area contributed by atoms with Gasteiger partial charge in [-0.15, -0.1) is 0 Å². The molecule has 13 heavy (non-hydrogen) atoms. The van der Waals surface area contributed by atoms with Crippen LogP contribution < -0.4 is 0 Å². The van der Waals surface area contributed by atoms with Crippen LogP contribution in [0.4, 0.5) is 0 Å². The third-order valence-corrected chi connectivity index (χ3v) is 11.9. The van der Waals surface area contributed by atoms with E-state index in [-0.39, 0.29) is 0 Å². The Balaban J connectivity index is 3.68. The third kappa shape index (κ3) is 5.56. The lowest BCUT2D eigenvalue weighted by Gasteiger charge is -2.21. The molecular weight excluding hydrogens is 244 g/mol. The van der Waals surface area contributed by atoms with Crippen LogP contribution in [-0.4, -0.2) is 35.0 Å². The van der Waals surface area contributed by atoms with Gasteiger partial charge in [0.25, 0.3) is 0 Å². The van der Waals surface area contributed by atoms with E-state index in [4.69, 9.17) is 13.3 Å². The molecule has 0 amide bonds. The smallest absolute Gasteiger partial charge is 0.368 e. The van der Waals surface area contributed by atoms with Crippen LogP contribution in [0.15, 0.2) is 0 Å². The van der Waals surface area contributed by atoms with Gasteiger partial charge in [-0.25, -0.2) is 0 Å². The van der Waals surface area contributed by atoms with E-state index in [1.165, 1.54) is 6.42 Å². The average molecular weight is 260 g/mol. The summed E-state index contributed by atoms with van der Waals surface area (Å²) in [5, 5.41) is 0. The van der Waals surface area contributed by atoms with Gasteiger partial charge in [-0.2, -0.15) is 0 Å². The van der Waals surface area contributed by atoms with Crippen LogP contribution in [0.5, 0.6) is 0 Å². The van der Waals surface area contributed by atoms with Crippen molar-refractivity contribution in [2.75, 3.05) is 27.1 Å². The topological polar surface area (TPSA) is 27.7 Å². The highest BCUT2D eigenvalue weighted by Gasteiger charge is 2.40. The molecule has 0 aromatic rings. The van der Waals surface area contributed by atoms with Gasteiger partial charge in [0.05, 0.1) is 0 Å². The fourth-order valence-electron chi connectivity index (χ4n) is 0.535. The van der Waals surface area contributed by atoms with Gasteiger partial charge in [-0.3, -0.25) is 0 Å². The molecule has 0 heterocycles. The molecule has 0 saturated carbocycles. The Morgan fingerprint density at radius 1 is 1.08 bits per heavy atom. The van der Waals surface area contributed by atoms with Gasteiger partial charge < -0.3 is 13.3 Å². The van der Waals surface area contributed by atoms with Crippen molar-refractivity contribution >= 4 is 38.8 Å². The summed E-state index contributed by atoms with van der Waals surface area (Å²) in [6, 6.07) is 0. The standard InChI is InChI=1S/C6H16O3S3Si/c1-5-6-10-11-12-13(7-2,8-3)9-4/h5-6H2,1-4H3. The van der Waals surface area contributed by atoms with Crippen LogP contribution in [-0.2, 0) is 13.3 Å². The molecular formula is C6H16O3S3Si. The van der Waals surface area contributed by atoms with Crippen molar-refractivity contribution in [2.45, 2.75) is 13.3 Å². The van der Waals surface area contributed by atoms with Crippen molar-refractivity contribution in [3.63, 3.8) is 0 Å². The van der Waals surface area contributed by atoms with E-state index in [9.17, 15) is 0 Å². The van der Waals surface area contributed by atoms with Gasteiger partial charge in [0.15, 0.2) is 0 Å². The van der Waals surface area contributed by atoms with E-state index in [0.29, 0.717) is 0 Å². The van der Waals surface area contributed by atoms with Crippen molar-refractivity contribution in [1.82, 2.24) is 0 Å². The van der Waals surface area contributed by atoms with E-state index >= 15 is 0 Å². The molecule has 0 atom stereocenters. The Morgan fingerprint density at radius 2 is 1.62 bits per heavy atom. The molecule has 0 spiro atoms. The second kappa shape index (κ2) is 8.45. The zero-order chi connectivity index (χ0) is 10.2. The third-order valence-electron chi connectivity index (χ3n) is 1.22. The average Bonchev–Trinajstić information content (AvgIpc) is 2.20. The first-order chi connectivity index (χ1) is 6.24. The zero-order valence-electron chi connectivity index (χ0n) is 8.36. The van der Waals surface area contributed by atoms with Crippen LogP contribution in [0.2, 0.25) is 0 Å². The number of hydrogen-bond acceptors (Lipinski definition) is 6. The normalized spacial score (nSPS) is 12.0. The summed E-state index contributed by atoms with van der Waals surface area (Å²) in [7, 11) is 7.50. The summed E-state index contributed by atoms with van der Waals surface area (Å²) >= 11 is 0. The first-order valence-corrected chi connectivity index (χ1v) is 9.97. The molecule has 0 aliphatic rings. The Morgan fingerprint density at radius 3 is 2.00 bits per heavy atom. The molecule has 3 nitrogen and oxygen atoms in total. The Bertz CT molecular complexity index is 115. The van der Waals surface area contributed by atoms with Crippen molar-refractivity contribution in [3.05, 3.63) is 0 Å². The van der Waals surface area contributed by atoms with E-state index in [2.05, 4.69) is 6.92 Å². The van der Waals surface area contributed by atoms with Crippen LogP contribution in [0.1, 0.15) is 13.3 Å². The summed E-state index contributed by atoms with van der Waals surface area (Å²) in [6.07, 6.45) is 1.18. The van der Waals surface area contributed by atoms with Crippen molar-refractivity contribution < 1.29 is 13.3 Å². The molecule has 0 N–H and O–H groups in total. The Kier molecular flexibility index (Phi) is 9.20. The minimum atomic E-state index is -2.41. The van der Waals surface area contributed by atoms with Gasteiger partial charge in [-0.05, 0) is 26.5 Å². The van der Waals surface area contributed by atoms with E-state index in [1.54, 1.807) is 52.2 Å². The van der Waals surface area contributed by atoms with Gasteiger partial charge >= 0.3 is 7.95 Å². The lowest BCUT2D eigenvalue weighted by Crippen LogP contribution is -2.38. The molecule has 80 valence electrons. The second-order valence-electron chi connectivity index (χ2n) is 2.09. The van der Waals surface area contributed by atoms with Gasteiger partial charge in [0, 0.05) is 27.1 Å². The van der Waals surface area contributed by atoms with Crippen molar-refractivity contribution in [3.8, 4) is 0 Å². The molecule has 7 heteroatoms. The molecule has 0 radical (unpaired) electrons. The number of rotatable bonds is 8. The summed E-state index contributed by atoms with van der Waals surface area (Å²) in [5.41, 5.74) is 0. The highest BCUT2D eigenvalue weighted by atomic mass is 33.5. The van der Waals surface area contributed by atoms with Crippen LogP contribution in [0.25, 0.3) is 0 Å². The monoisotopic (exact) mass is 260 g/mol. The maximum atomic E-state index is 5.24. The maximum absolute atomic E-state index is 5.24. The lowest BCUT2D eigenvalue weighted by molar-refractivity contribution is 0.153. The molecule has 0 fully saturated rings. The molecule has 0 aliphatic heterocycles. The molecule has 0 aromatic heterocycles. The van der Waals surface area contributed by atoms with Gasteiger partial charge in [0.2, 0.25) is 0 Å². The Hall–Kier alpha value is 1.15. The van der Waals surface area contributed by atoms with Gasteiger partial charge in [0.1, 0.15) is 0 Å². The summed E-state index contributed by atoms with van der Waals surface area (Å²) in [4.78, 5) is 0. The summed E-state index contributed by atoms with van der Waals surface area (Å²) in [6.45, 7) is 2.16. The molecule has 0 rings (SSSR count). The molecule has 0 aromatic carbocycles. The minimum Gasteiger partial charge on any atom is -0.368 e. The highest BCUT2D eigenvalue weighted by molar-refractivity contribution is 9.14. The maximum Gasteiger partial charge on any atom is 0.584 e. The highest BCUT2D eigenvalue weighted by Crippen LogP contribution is 2.41. The number of hydrogen-bond donors (Lipinski definition) is 0. The van der Waals surface area contributed by atoms with Crippen LogP contribution in [0, 0.1) is 0 Å². The van der Waals surface area contributed by atoms with E-state index < -0.39 is 7.95 Å². The fraction of sp³-hybridized carbons (Fsp3) is 1.00. The lowest BCUT2D eigenvalue weighted by atomic mass is 10.6. The van der Waals surface area contributed by atoms with Crippen LogP contribution in [0.3, 0.4) is 0 Å². The quantitative estimate of drug-likeness (QED) is 0.378. The molecule has 0 unspecified atom stereocenters. The minimum absolute atomic E-state index is 1.14. The van der Waals surface area contributed by atoms with Crippen molar-refractivity contribution in [1.29, 1.82) is 0 Å². The molecule has 0 aliphatic carbocycles. The first-order valence-electron chi connectivity index (χ1n) is 3.87. The SMILES string of the molecule is CCCSSS[Si](OC)(OC)OC. The molecule has 0 saturated heterocycles.